The Labute approximate surface area is 646 Å². The van der Waals surface area contributed by atoms with Gasteiger partial charge in [-0.1, -0.05) is 262 Å². The summed E-state index contributed by atoms with van der Waals surface area (Å²) in [6, 6.07) is 82.0. The standard InChI is InChI=1S/C101H74N8O3/c1-5-7-13-30-60(3)90-78-53-56-84-89(86(78)61(4)91(102-90)71(6-2)66-39-22-23-40-69(57-66)99-105-96(63-35-18-11-19-36-63)104-97(106-99)64-37-20-12-21-38-64)80-48-28-45-73(94(80)111-84)68-51-52-74-75-46-29-49-81(95(75)112-85(74)59-68)101-108-98(65-33-14-8-9-15-34-65)107-100(109-101)70-42-26-41-67(58-70)72-44-27-47-77-87-79(92(103-93(72)77)62-31-16-10-17-32-62)54-55-83-88(87)76-43-24-25-50-82(76)110-83/h5-8,10-21,24-38,41-56,58-59,66,69H,3,9,22-23,39-40,57H2,1-2,4H3/b7-5-,30-13-,71-6-. The Morgan fingerprint density at radius 3 is 1.82 bits per heavy atom. The Hall–Kier alpha value is -13.9. The van der Waals surface area contributed by atoms with E-state index in [1.54, 1.807) is 0 Å². The predicted octanol–water partition coefficient (Wildman–Crippen LogP) is 26.8. The fourth-order valence-corrected chi connectivity index (χ4v) is 17.2. The maximum absolute atomic E-state index is 7.19. The third-order valence-corrected chi connectivity index (χ3v) is 22.5. The molecule has 2 aliphatic carbocycles. The van der Waals surface area contributed by atoms with Gasteiger partial charge in [0, 0.05) is 104 Å². The smallest absolute Gasteiger partial charge is 0.167 e. The van der Waals surface area contributed by atoms with Crippen LogP contribution in [-0.4, -0.2) is 39.9 Å². The molecule has 0 saturated heterocycles. The second-order valence-corrected chi connectivity index (χ2v) is 29.3. The molecule has 20 rings (SSSR count). The molecule has 11 nitrogen and oxygen atoms in total. The Bertz CT molecular complexity index is 7020. The average molecular weight is 1450 g/mol. The summed E-state index contributed by atoms with van der Waals surface area (Å²) in [4.78, 5) is 43.0. The van der Waals surface area contributed by atoms with Gasteiger partial charge in [0.1, 0.15) is 39.3 Å². The van der Waals surface area contributed by atoms with Gasteiger partial charge in [0.25, 0.3) is 0 Å². The highest BCUT2D eigenvalue weighted by Gasteiger charge is 2.32. The highest BCUT2D eigenvalue weighted by molar-refractivity contribution is 6.29. The number of furan rings is 3. The van der Waals surface area contributed by atoms with Crippen molar-refractivity contribution in [2.24, 2.45) is 5.92 Å². The Morgan fingerprint density at radius 2 is 1.03 bits per heavy atom. The Kier molecular flexibility index (Phi) is 17.0. The van der Waals surface area contributed by atoms with Crippen LogP contribution in [0, 0.1) is 12.8 Å². The average Bonchev–Trinajstić information content (AvgIpc) is 1.47. The number of rotatable bonds is 14. The summed E-state index contributed by atoms with van der Waals surface area (Å²) in [7, 11) is 0. The SMILES string of the molecule is C=C(/C=C\C=C/C)c1nc(/C(=C\C)C2CCCCC(c3nc(-c4ccccc4)nc(-c4ccccc4)n3)C2)c(C)c2c1ccc1oc3c(-c4ccc5c(c4)oc4c(-c6nc(C7=CC=CCC=C7)nc(-c7cccc(-c8cccc9c8nc(-c8ccccc8)c8ccc%10oc%11ccccc%11c%10c89)c7)n6)cccc45)cccc3c12. The number of pyridine rings is 2. The number of hydrogen-bond donors (Lipinski definition) is 0. The van der Waals surface area contributed by atoms with Crippen LogP contribution >= 0.6 is 0 Å². The number of nitrogens with zero attached hydrogens (tertiary/aromatic N) is 8. The van der Waals surface area contributed by atoms with Crippen molar-refractivity contribution in [2.45, 2.75) is 65.2 Å². The number of para-hydroxylation sites is 4. The summed E-state index contributed by atoms with van der Waals surface area (Å²) in [6.07, 6.45) is 26.7. The molecular formula is C101H74N8O3. The maximum atomic E-state index is 7.19. The van der Waals surface area contributed by atoms with Gasteiger partial charge in [0.2, 0.25) is 0 Å². The second kappa shape index (κ2) is 28.3. The number of allylic oxidation sites excluding steroid dienone is 13. The molecule has 0 N–H and O–H groups in total. The van der Waals surface area contributed by atoms with Crippen molar-refractivity contribution >= 4 is 115 Å². The van der Waals surface area contributed by atoms with Gasteiger partial charge < -0.3 is 13.3 Å². The fraction of sp³-hybridized carbons (Fsp3) is 0.109. The monoisotopic (exact) mass is 1450 g/mol. The van der Waals surface area contributed by atoms with Gasteiger partial charge in [0.05, 0.1) is 28.2 Å². The highest BCUT2D eigenvalue weighted by atomic mass is 16.3. The Morgan fingerprint density at radius 1 is 0.420 bits per heavy atom. The van der Waals surface area contributed by atoms with Crippen LogP contribution in [0.1, 0.15) is 86.9 Å². The van der Waals surface area contributed by atoms with Crippen LogP contribution in [0.4, 0.5) is 0 Å². The molecule has 2 atom stereocenters. The predicted molar refractivity (Wildman–Crippen MR) is 459 cm³/mol. The Balaban J connectivity index is 0.686. The molecule has 536 valence electrons. The number of hydrogen-bond acceptors (Lipinski definition) is 11. The first kappa shape index (κ1) is 67.5. The largest absolute Gasteiger partial charge is 0.456 e. The van der Waals surface area contributed by atoms with Gasteiger partial charge in [-0.25, -0.2) is 39.9 Å². The third kappa shape index (κ3) is 11.8. The van der Waals surface area contributed by atoms with Crippen LogP contribution < -0.4 is 0 Å². The minimum atomic E-state index is 0.0904. The number of aryl methyl sites for hydroxylation is 1. The molecule has 0 radical (unpaired) electrons. The molecule has 0 spiro atoms. The minimum absolute atomic E-state index is 0.0904. The van der Waals surface area contributed by atoms with E-state index in [-0.39, 0.29) is 11.8 Å². The lowest BCUT2D eigenvalue weighted by Gasteiger charge is -2.25. The normalized spacial score (nSPS) is 15.1. The van der Waals surface area contributed by atoms with Crippen LogP contribution in [-0.2, 0) is 0 Å². The van der Waals surface area contributed by atoms with Crippen LogP contribution in [0.3, 0.4) is 0 Å². The molecule has 1 fully saturated rings. The van der Waals surface area contributed by atoms with Gasteiger partial charge >= 0.3 is 0 Å². The zero-order valence-corrected chi connectivity index (χ0v) is 62.2. The van der Waals surface area contributed by atoms with Crippen molar-refractivity contribution in [3.8, 4) is 79.1 Å². The molecule has 0 bridgehead atoms. The molecule has 2 aliphatic rings. The zero-order chi connectivity index (χ0) is 74.9. The lowest BCUT2D eigenvalue weighted by Crippen LogP contribution is -2.14. The van der Waals surface area contributed by atoms with Crippen LogP contribution in [0.25, 0.3) is 194 Å². The molecular weight excluding hydrogens is 1370 g/mol. The van der Waals surface area contributed by atoms with Gasteiger partial charge in [-0.15, -0.1) is 0 Å². The minimum Gasteiger partial charge on any atom is -0.456 e. The molecule has 0 amide bonds. The van der Waals surface area contributed by atoms with E-state index in [1.165, 1.54) is 5.57 Å². The van der Waals surface area contributed by atoms with E-state index in [4.69, 9.17) is 59.7 Å². The lowest BCUT2D eigenvalue weighted by molar-refractivity contribution is 0.505. The summed E-state index contributed by atoms with van der Waals surface area (Å²) in [5.41, 5.74) is 20.6. The lowest BCUT2D eigenvalue weighted by atomic mass is 9.82. The third-order valence-electron chi connectivity index (χ3n) is 22.5. The first-order valence-electron chi connectivity index (χ1n) is 38.7. The molecule has 11 aromatic carbocycles. The van der Waals surface area contributed by atoms with Gasteiger partial charge in [0.15, 0.2) is 29.1 Å². The van der Waals surface area contributed by atoms with Crippen LogP contribution in [0.15, 0.2) is 317 Å². The quantitative estimate of drug-likeness (QED) is 0.0583. The van der Waals surface area contributed by atoms with Crippen molar-refractivity contribution < 1.29 is 13.3 Å². The fourth-order valence-electron chi connectivity index (χ4n) is 17.2. The van der Waals surface area contributed by atoms with E-state index in [0.717, 1.165) is 221 Å². The van der Waals surface area contributed by atoms with Gasteiger partial charge in [-0.2, -0.15) is 0 Å². The molecule has 2 unspecified atom stereocenters. The highest BCUT2D eigenvalue weighted by Crippen LogP contribution is 2.49. The summed E-state index contributed by atoms with van der Waals surface area (Å²) >= 11 is 0. The molecule has 0 aliphatic heterocycles. The molecule has 1 saturated carbocycles. The van der Waals surface area contributed by atoms with Crippen molar-refractivity contribution in [1.82, 2.24) is 39.9 Å². The number of benzene rings is 11. The first-order chi connectivity index (χ1) is 55.3. The molecule has 7 aromatic heterocycles. The number of aromatic nitrogens is 8. The van der Waals surface area contributed by atoms with Crippen molar-refractivity contribution in [1.29, 1.82) is 0 Å². The molecule has 112 heavy (non-hydrogen) atoms. The first-order valence-corrected chi connectivity index (χ1v) is 38.7. The van der Waals surface area contributed by atoms with Crippen molar-refractivity contribution in [2.75, 3.05) is 0 Å². The zero-order valence-electron chi connectivity index (χ0n) is 62.2. The van der Waals surface area contributed by atoms with E-state index in [1.807, 2.05) is 85.8 Å². The van der Waals surface area contributed by atoms with E-state index < -0.39 is 0 Å². The van der Waals surface area contributed by atoms with Crippen molar-refractivity contribution in [3.05, 3.63) is 333 Å². The molecule has 18 aromatic rings. The van der Waals surface area contributed by atoms with Gasteiger partial charge in [-0.3, -0.25) is 0 Å². The van der Waals surface area contributed by atoms with E-state index in [2.05, 4.69) is 232 Å². The summed E-state index contributed by atoms with van der Waals surface area (Å²) in [6.45, 7) is 11.1. The van der Waals surface area contributed by atoms with E-state index in [9.17, 15) is 0 Å². The van der Waals surface area contributed by atoms with Gasteiger partial charge in [-0.05, 0) is 135 Å². The summed E-state index contributed by atoms with van der Waals surface area (Å²) in [5.74, 6) is 4.04. The molecule has 11 heteroatoms. The molecule has 7 heterocycles. The van der Waals surface area contributed by atoms with Crippen LogP contribution in [0.2, 0.25) is 0 Å². The topological polar surface area (TPSA) is 143 Å². The van der Waals surface area contributed by atoms with Crippen molar-refractivity contribution in [3.63, 3.8) is 0 Å². The summed E-state index contributed by atoms with van der Waals surface area (Å²) < 4.78 is 20.9. The van der Waals surface area contributed by atoms with E-state index in [0.29, 0.717) is 34.7 Å². The second-order valence-electron chi connectivity index (χ2n) is 29.3. The maximum Gasteiger partial charge on any atom is 0.167 e. The van der Waals surface area contributed by atoms with E-state index >= 15 is 0 Å². The summed E-state index contributed by atoms with van der Waals surface area (Å²) in [5, 5.41) is 11.4. The van der Waals surface area contributed by atoms with Crippen LogP contribution in [0.5, 0.6) is 0 Å². The number of fused-ring (bicyclic) bond motifs is 15.